The molecule has 4 heteroatoms. The lowest BCUT2D eigenvalue weighted by atomic mass is 10.1. The Morgan fingerprint density at radius 2 is 2.17 bits per heavy atom. The molecule has 0 spiro atoms. The van der Waals surface area contributed by atoms with Gasteiger partial charge in [-0.2, -0.15) is 0 Å². The van der Waals surface area contributed by atoms with Crippen molar-refractivity contribution in [1.82, 2.24) is 4.98 Å². The van der Waals surface area contributed by atoms with Crippen molar-refractivity contribution >= 4 is 11.3 Å². The third-order valence-electron chi connectivity index (χ3n) is 2.75. The molecule has 0 saturated heterocycles. The van der Waals surface area contributed by atoms with Crippen LogP contribution in [0.1, 0.15) is 24.8 Å². The molecule has 0 amide bonds. The van der Waals surface area contributed by atoms with Crippen LogP contribution >= 0.6 is 11.3 Å². The lowest BCUT2D eigenvalue weighted by Gasteiger charge is -2.02. The zero-order valence-electron chi connectivity index (χ0n) is 10.4. The topological polar surface area (TPSA) is 38.9 Å². The van der Waals surface area contributed by atoms with Crippen LogP contribution in [0, 0.1) is 5.82 Å². The van der Waals surface area contributed by atoms with Gasteiger partial charge < -0.3 is 5.73 Å². The second-order valence-electron chi connectivity index (χ2n) is 4.48. The van der Waals surface area contributed by atoms with E-state index in [-0.39, 0.29) is 11.9 Å². The fourth-order valence-electron chi connectivity index (χ4n) is 1.79. The van der Waals surface area contributed by atoms with Gasteiger partial charge in [0.25, 0.3) is 0 Å². The van der Waals surface area contributed by atoms with Crippen molar-refractivity contribution in [2.45, 2.75) is 32.2 Å². The summed E-state index contributed by atoms with van der Waals surface area (Å²) in [6, 6.07) is 6.97. The van der Waals surface area contributed by atoms with Crippen LogP contribution in [0.25, 0.3) is 11.3 Å². The van der Waals surface area contributed by atoms with E-state index in [0.29, 0.717) is 5.56 Å². The minimum Gasteiger partial charge on any atom is -0.328 e. The van der Waals surface area contributed by atoms with Gasteiger partial charge in [0.15, 0.2) is 0 Å². The summed E-state index contributed by atoms with van der Waals surface area (Å²) in [4.78, 5) is 4.48. The average molecular weight is 264 g/mol. The quantitative estimate of drug-likeness (QED) is 0.895. The standard InChI is InChI=1S/C14H17FN2S/c1-10(16)5-4-8-14-17-13(9-18-14)11-6-2-3-7-12(11)15/h2-3,6-7,9-10H,4-5,8,16H2,1H3. The number of halogens is 1. The van der Waals surface area contributed by atoms with Crippen molar-refractivity contribution in [3.63, 3.8) is 0 Å². The monoisotopic (exact) mass is 264 g/mol. The molecule has 0 aliphatic heterocycles. The first-order valence-corrected chi connectivity index (χ1v) is 6.99. The molecule has 0 aliphatic rings. The van der Waals surface area contributed by atoms with Gasteiger partial charge in [0.2, 0.25) is 0 Å². The molecule has 0 radical (unpaired) electrons. The fraction of sp³-hybridized carbons (Fsp3) is 0.357. The van der Waals surface area contributed by atoms with Crippen molar-refractivity contribution in [2.75, 3.05) is 0 Å². The van der Waals surface area contributed by atoms with E-state index in [9.17, 15) is 4.39 Å². The van der Waals surface area contributed by atoms with Gasteiger partial charge in [-0.25, -0.2) is 9.37 Å². The summed E-state index contributed by atoms with van der Waals surface area (Å²) in [6.07, 6.45) is 2.94. The summed E-state index contributed by atoms with van der Waals surface area (Å²) in [5.41, 5.74) is 7.01. The summed E-state index contributed by atoms with van der Waals surface area (Å²) in [5.74, 6) is -0.218. The van der Waals surface area contributed by atoms with E-state index in [0.717, 1.165) is 30.0 Å². The predicted molar refractivity (Wildman–Crippen MR) is 74.1 cm³/mol. The number of hydrogen-bond donors (Lipinski definition) is 1. The highest BCUT2D eigenvalue weighted by molar-refractivity contribution is 7.09. The van der Waals surface area contributed by atoms with E-state index in [1.54, 1.807) is 23.5 Å². The van der Waals surface area contributed by atoms with Gasteiger partial charge in [-0.15, -0.1) is 11.3 Å². The minimum absolute atomic E-state index is 0.218. The van der Waals surface area contributed by atoms with Crippen molar-refractivity contribution in [3.8, 4) is 11.3 Å². The molecule has 1 aromatic heterocycles. The number of hydrogen-bond acceptors (Lipinski definition) is 3. The van der Waals surface area contributed by atoms with Crippen LogP contribution in [-0.4, -0.2) is 11.0 Å². The van der Waals surface area contributed by atoms with Crippen LogP contribution in [-0.2, 0) is 6.42 Å². The Morgan fingerprint density at radius 1 is 1.39 bits per heavy atom. The lowest BCUT2D eigenvalue weighted by Crippen LogP contribution is -2.14. The molecule has 1 unspecified atom stereocenters. The molecule has 18 heavy (non-hydrogen) atoms. The first kappa shape index (κ1) is 13.2. The van der Waals surface area contributed by atoms with Gasteiger partial charge in [0, 0.05) is 17.0 Å². The van der Waals surface area contributed by atoms with Crippen LogP contribution in [0.4, 0.5) is 4.39 Å². The Morgan fingerprint density at radius 3 is 2.89 bits per heavy atom. The first-order chi connectivity index (χ1) is 8.66. The maximum absolute atomic E-state index is 13.6. The Bertz CT molecular complexity index is 508. The molecule has 0 fully saturated rings. The van der Waals surface area contributed by atoms with E-state index < -0.39 is 0 Å². The first-order valence-electron chi connectivity index (χ1n) is 6.11. The van der Waals surface area contributed by atoms with Gasteiger partial charge in [-0.1, -0.05) is 12.1 Å². The summed E-state index contributed by atoms with van der Waals surface area (Å²) >= 11 is 1.59. The van der Waals surface area contributed by atoms with Gasteiger partial charge in [-0.05, 0) is 38.3 Å². The van der Waals surface area contributed by atoms with Crippen LogP contribution in [0.2, 0.25) is 0 Å². The Hall–Kier alpha value is -1.26. The van der Waals surface area contributed by atoms with Crippen molar-refractivity contribution < 1.29 is 4.39 Å². The molecule has 1 heterocycles. The molecule has 2 aromatic rings. The number of nitrogens with zero attached hydrogens (tertiary/aromatic N) is 1. The highest BCUT2D eigenvalue weighted by Gasteiger charge is 2.08. The Labute approximate surface area is 111 Å². The Balaban J connectivity index is 2.04. The van der Waals surface area contributed by atoms with Crippen molar-refractivity contribution in [1.29, 1.82) is 0 Å². The van der Waals surface area contributed by atoms with E-state index in [1.165, 1.54) is 6.07 Å². The van der Waals surface area contributed by atoms with Crippen LogP contribution < -0.4 is 5.73 Å². The molecule has 2 N–H and O–H groups in total. The molecular weight excluding hydrogens is 247 g/mol. The summed E-state index contributed by atoms with van der Waals surface area (Å²) in [5, 5.41) is 2.97. The highest BCUT2D eigenvalue weighted by Crippen LogP contribution is 2.25. The second kappa shape index (κ2) is 6.07. The van der Waals surface area contributed by atoms with E-state index in [4.69, 9.17) is 5.73 Å². The highest BCUT2D eigenvalue weighted by atomic mass is 32.1. The number of aryl methyl sites for hydroxylation is 1. The maximum atomic E-state index is 13.6. The molecule has 2 nitrogen and oxygen atoms in total. The number of aromatic nitrogens is 1. The zero-order chi connectivity index (χ0) is 13.0. The average Bonchev–Trinajstić information content (AvgIpc) is 2.78. The largest absolute Gasteiger partial charge is 0.328 e. The third kappa shape index (κ3) is 3.37. The van der Waals surface area contributed by atoms with E-state index in [1.807, 2.05) is 18.4 Å². The maximum Gasteiger partial charge on any atom is 0.132 e. The normalized spacial score (nSPS) is 12.6. The molecule has 1 atom stereocenters. The Kier molecular flexibility index (Phi) is 4.44. The predicted octanol–water partition coefficient (Wildman–Crippen LogP) is 3.62. The number of nitrogens with two attached hydrogens (primary N) is 1. The second-order valence-corrected chi connectivity index (χ2v) is 5.42. The van der Waals surface area contributed by atoms with Gasteiger partial charge in [0.05, 0.1) is 10.7 Å². The van der Waals surface area contributed by atoms with Gasteiger partial charge >= 0.3 is 0 Å². The van der Waals surface area contributed by atoms with Crippen LogP contribution in [0.3, 0.4) is 0 Å². The van der Waals surface area contributed by atoms with Gasteiger partial charge in [-0.3, -0.25) is 0 Å². The van der Waals surface area contributed by atoms with E-state index >= 15 is 0 Å². The van der Waals surface area contributed by atoms with Crippen molar-refractivity contribution in [2.24, 2.45) is 5.73 Å². The smallest absolute Gasteiger partial charge is 0.132 e. The molecule has 2 rings (SSSR count). The SMILES string of the molecule is CC(N)CCCc1nc(-c2ccccc2F)cs1. The molecular formula is C14H17FN2S. The molecule has 0 saturated carbocycles. The summed E-state index contributed by atoms with van der Waals surface area (Å²) in [7, 11) is 0. The van der Waals surface area contributed by atoms with Gasteiger partial charge in [0.1, 0.15) is 5.82 Å². The summed E-state index contributed by atoms with van der Waals surface area (Å²) < 4.78 is 13.6. The minimum atomic E-state index is -0.218. The number of benzene rings is 1. The van der Waals surface area contributed by atoms with Crippen LogP contribution in [0.5, 0.6) is 0 Å². The molecule has 1 aromatic carbocycles. The molecule has 0 aliphatic carbocycles. The van der Waals surface area contributed by atoms with E-state index in [2.05, 4.69) is 4.98 Å². The molecule has 96 valence electrons. The molecule has 0 bridgehead atoms. The summed E-state index contributed by atoms with van der Waals surface area (Å²) in [6.45, 7) is 2.01. The van der Waals surface area contributed by atoms with Crippen molar-refractivity contribution in [3.05, 3.63) is 40.5 Å². The number of rotatable bonds is 5. The van der Waals surface area contributed by atoms with Crippen LogP contribution in [0.15, 0.2) is 29.6 Å². The zero-order valence-corrected chi connectivity index (χ0v) is 11.2. The third-order valence-corrected chi connectivity index (χ3v) is 3.66. The fourth-order valence-corrected chi connectivity index (χ4v) is 2.63. The lowest BCUT2D eigenvalue weighted by molar-refractivity contribution is 0.623. The number of thiazole rings is 1.